The number of carbonyl (C=O) groups excluding carboxylic acids is 1. The number of hydrogen-bond donors (Lipinski definition) is 1. The lowest BCUT2D eigenvalue weighted by atomic mass is 10.3. The van der Waals surface area contributed by atoms with Crippen molar-refractivity contribution >= 4 is 5.91 Å². The summed E-state index contributed by atoms with van der Waals surface area (Å²) >= 11 is 0. The van der Waals surface area contributed by atoms with Crippen molar-refractivity contribution in [3.8, 4) is 0 Å². The predicted molar refractivity (Wildman–Crippen MR) is 75.0 cm³/mol. The maximum atomic E-state index is 11.8. The molecule has 2 rings (SSSR count). The average molecular weight is 289 g/mol. The number of nitrogens with one attached hydrogen (secondary N) is 1. The zero-order valence-corrected chi connectivity index (χ0v) is 11.7. The topological polar surface area (TPSA) is 98.9 Å². The maximum absolute atomic E-state index is 11.8. The van der Waals surface area contributed by atoms with Gasteiger partial charge in [0.15, 0.2) is 0 Å². The smallest absolute Gasteiger partial charge is 0.271 e. The normalized spacial score (nSPS) is 10.4. The maximum Gasteiger partial charge on any atom is 0.271 e. The van der Waals surface area contributed by atoms with Crippen LogP contribution in [0.15, 0.2) is 34.1 Å². The van der Waals surface area contributed by atoms with Crippen molar-refractivity contribution < 1.29 is 4.79 Å². The summed E-state index contributed by atoms with van der Waals surface area (Å²) in [4.78, 5) is 38.7. The van der Waals surface area contributed by atoms with Gasteiger partial charge in [0, 0.05) is 38.0 Å². The monoisotopic (exact) mass is 289 g/mol. The second-order valence-corrected chi connectivity index (χ2v) is 4.50. The number of rotatable bonds is 4. The van der Waals surface area contributed by atoms with Crippen LogP contribution in [0.1, 0.15) is 16.2 Å². The molecule has 2 aromatic heterocycles. The Hall–Kier alpha value is -2.77. The molecular formula is C13H15N5O3. The highest BCUT2D eigenvalue weighted by molar-refractivity contribution is 5.91. The average Bonchev–Trinajstić information content (AvgIpc) is 2.44. The van der Waals surface area contributed by atoms with Crippen LogP contribution in [0, 0.1) is 6.92 Å². The van der Waals surface area contributed by atoms with Gasteiger partial charge in [-0.3, -0.25) is 19.0 Å². The van der Waals surface area contributed by atoms with E-state index < -0.39 is 5.91 Å². The van der Waals surface area contributed by atoms with E-state index in [9.17, 15) is 14.4 Å². The van der Waals surface area contributed by atoms with Gasteiger partial charge in [0.05, 0.1) is 6.33 Å². The molecule has 21 heavy (non-hydrogen) atoms. The Kier molecular flexibility index (Phi) is 4.27. The van der Waals surface area contributed by atoms with Crippen molar-refractivity contribution in [3.63, 3.8) is 0 Å². The van der Waals surface area contributed by atoms with Gasteiger partial charge in [0.25, 0.3) is 17.0 Å². The minimum Gasteiger partial charge on any atom is -0.349 e. The van der Waals surface area contributed by atoms with Crippen molar-refractivity contribution in [2.24, 2.45) is 7.05 Å². The summed E-state index contributed by atoms with van der Waals surface area (Å²) in [5.41, 5.74) is 0.335. The summed E-state index contributed by atoms with van der Waals surface area (Å²) < 4.78 is 2.49. The third kappa shape index (κ3) is 3.62. The van der Waals surface area contributed by atoms with E-state index in [-0.39, 0.29) is 23.4 Å². The molecule has 0 spiro atoms. The van der Waals surface area contributed by atoms with Gasteiger partial charge in [-0.25, -0.2) is 9.67 Å². The second kappa shape index (κ2) is 6.12. The van der Waals surface area contributed by atoms with Crippen molar-refractivity contribution in [3.05, 3.63) is 56.6 Å². The predicted octanol–water partition coefficient (Wildman–Crippen LogP) is -0.925. The third-order valence-electron chi connectivity index (χ3n) is 2.85. The van der Waals surface area contributed by atoms with Gasteiger partial charge in [-0.05, 0) is 13.0 Å². The Morgan fingerprint density at radius 1 is 1.29 bits per heavy atom. The number of aryl methyl sites for hydroxylation is 2. The highest BCUT2D eigenvalue weighted by Crippen LogP contribution is 1.90. The van der Waals surface area contributed by atoms with E-state index >= 15 is 0 Å². The van der Waals surface area contributed by atoms with E-state index in [4.69, 9.17) is 0 Å². The van der Waals surface area contributed by atoms with E-state index in [1.807, 2.05) is 0 Å². The molecule has 2 aromatic rings. The number of hydrogen-bond acceptors (Lipinski definition) is 5. The van der Waals surface area contributed by atoms with Gasteiger partial charge in [-0.2, -0.15) is 5.10 Å². The van der Waals surface area contributed by atoms with Gasteiger partial charge in [0.1, 0.15) is 5.69 Å². The van der Waals surface area contributed by atoms with E-state index in [1.54, 1.807) is 6.92 Å². The Morgan fingerprint density at radius 2 is 2.05 bits per heavy atom. The first-order valence-corrected chi connectivity index (χ1v) is 6.33. The Labute approximate surface area is 120 Å². The van der Waals surface area contributed by atoms with Crippen LogP contribution in [-0.4, -0.2) is 31.8 Å². The molecule has 0 radical (unpaired) electrons. The molecule has 0 fully saturated rings. The third-order valence-corrected chi connectivity index (χ3v) is 2.85. The summed E-state index contributed by atoms with van der Waals surface area (Å²) in [6, 6.07) is 4.06. The molecular weight excluding hydrogens is 274 g/mol. The van der Waals surface area contributed by atoms with E-state index in [0.717, 1.165) is 4.68 Å². The largest absolute Gasteiger partial charge is 0.349 e. The summed E-state index contributed by atoms with van der Waals surface area (Å²) in [6.07, 6.45) is 1.44. The van der Waals surface area contributed by atoms with Gasteiger partial charge in [0.2, 0.25) is 0 Å². The molecule has 8 heteroatoms. The quantitative estimate of drug-likeness (QED) is 0.784. The summed E-state index contributed by atoms with van der Waals surface area (Å²) in [5.74, 6) is -0.404. The number of aromatic nitrogens is 4. The molecule has 0 bridgehead atoms. The highest BCUT2D eigenvalue weighted by Gasteiger charge is 2.08. The molecule has 8 nitrogen and oxygen atoms in total. The van der Waals surface area contributed by atoms with E-state index in [0.29, 0.717) is 12.2 Å². The van der Waals surface area contributed by atoms with Crippen LogP contribution in [-0.2, 0) is 13.6 Å². The molecule has 0 unspecified atom stereocenters. The van der Waals surface area contributed by atoms with Gasteiger partial charge < -0.3 is 5.32 Å². The van der Waals surface area contributed by atoms with Crippen molar-refractivity contribution in [1.29, 1.82) is 0 Å². The Balaban J connectivity index is 1.96. The van der Waals surface area contributed by atoms with Crippen molar-refractivity contribution in [2.75, 3.05) is 6.54 Å². The van der Waals surface area contributed by atoms with Crippen LogP contribution in [0.3, 0.4) is 0 Å². The molecule has 0 aromatic carbocycles. The zero-order valence-electron chi connectivity index (χ0n) is 11.7. The first kappa shape index (κ1) is 14.6. The summed E-state index contributed by atoms with van der Waals surface area (Å²) in [6.45, 7) is 2.30. The summed E-state index contributed by atoms with van der Waals surface area (Å²) in [7, 11) is 1.47. The lowest BCUT2D eigenvalue weighted by Crippen LogP contribution is -2.32. The van der Waals surface area contributed by atoms with Crippen molar-refractivity contribution in [2.45, 2.75) is 13.5 Å². The summed E-state index contributed by atoms with van der Waals surface area (Å²) in [5, 5.41) is 6.47. The van der Waals surface area contributed by atoms with Gasteiger partial charge >= 0.3 is 0 Å². The zero-order chi connectivity index (χ0) is 15.4. The number of amides is 1. The second-order valence-electron chi connectivity index (χ2n) is 4.50. The highest BCUT2D eigenvalue weighted by atomic mass is 16.2. The lowest BCUT2D eigenvalue weighted by Gasteiger charge is -2.07. The van der Waals surface area contributed by atoms with Crippen molar-refractivity contribution in [1.82, 2.24) is 24.6 Å². The first-order chi connectivity index (χ1) is 9.97. The number of nitrogens with zero attached hydrogens (tertiary/aromatic N) is 4. The fourth-order valence-corrected chi connectivity index (χ4v) is 1.69. The molecule has 0 saturated carbocycles. The van der Waals surface area contributed by atoms with Gasteiger partial charge in [-0.1, -0.05) is 0 Å². The molecule has 0 aliphatic heterocycles. The fourth-order valence-electron chi connectivity index (χ4n) is 1.69. The molecule has 110 valence electrons. The first-order valence-electron chi connectivity index (χ1n) is 6.33. The van der Waals surface area contributed by atoms with Crippen LogP contribution in [0.4, 0.5) is 0 Å². The van der Waals surface area contributed by atoms with E-state index in [2.05, 4.69) is 15.4 Å². The fraction of sp³-hybridized carbons (Fsp3) is 0.308. The van der Waals surface area contributed by atoms with Crippen LogP contribution in [0.5, 0.6) is 0 Å². The van der Waals surface area contributed by atoms with Crippen LogP contribution < -0.4 is 16.4 Å². The molecule has 2 heterocycles. The molecule has 1 amide bonds. The molecule has 0 aliphatic carbocycles. The lowest BCUT2D eigenvalue weighted by molar-refractivity contribution is 0.0945. The molecule has 0 aliphatic rings. The molecule has 1 N–H and O–H groups in total. The van der Waals surface area contributed by atoms with Crippen LogP contribution in [0.25, 0.3) is 0 Å². The minimum atomic E-state index is -0.404. The molecule has 0 atom stereocenters. The Bertz CT molecular complexity index is 778. The SMILES string of the molecule is Cc1cc(=O)n(CCNC(=O)c2ccc(=O)n(C)n2)cn1. The minimum absolute atomic E-state index is 0.145. The van der Waals surface area contributed by atoms with Gasteiger partial charge in [-0.15, -0.1) is 0 Å². The van der Waals surface area contributed by atoms with Crippen LogP contribution >= 0.6 is 0 Å². The standard InChI is InChI=1S/C13H15N5O3/c1-9-7-12(20)18(8-15-9)6-5-14-13(21)10-3-4-11(19)17(2)16-10/h3-4,7-8H,5-6H2,1-2H3,(H,14,21). The van der Waals surface area contributed by atoms with Crippen LogP contribution in [0.2, 0.25) is 0 Å². The number of carbonyl (C=O) groups is 1. The Morgan fingerprint density at radius 3 is 2.71 bits per heavy atom. The molecule has 0 saturated heterocycles. The van der Waals surface area contributed by atoms with E-state index in [1.165, 1.54) is 36.1 Å².